The molecule has 0 saturated carbocycles. The van der Waals surface area contributed by atoms with Gasteiger partial charge >= 0.3 is 11.9 Å². The second kappa shape index (κ2) is 19.4. The van der Waals surface area contributed by atoms with Gasteiger partial charge in [0.1, 0.15) is 0 Å². The molecule has 0 spiro atoms. The van der Waals surface area contributed by atoms with Crippen molar-refractivity contribution in [1.29, 1.82) is 0 Å². The zero-order chi connectivity index (χ0) is 31.7. The van der Waals surface area contributed by atoms with Crippen molar-refractivity contribution in [3.63, 3.8) is 0 Å². The number of nitrogens with one attached hydrogen (secondary N) is 2. The molecular formula is C35H48IN3O5. The molecule has 240 valence electrons. The first-order valence-electron chi connectivity index (χ1n) is 16.2. The molecule has 1 heterocycles. The summed E-state index contributed by atoms with van der Waals surface area (Å²) in [5, 5.41) is 14.9. The minimum atomic E-state index is -1.52. The van der Waals surface area contributed by atoms with Gasteiger partial charge in [0, 0.05) is 40.4 Å². The fraction of sp³-hybridized carbons (Fsp3) is 0.543. The van der Waals surface area contributed by atoms with Gasteiger partial charge in [-0.2, -0.15) is 0 Å². The van der Waals surface area contributed by atoms with Crippen LogP contribution < -0.4 is 10.6 Å². The Hall–Kier alpha value is -2.95. The number of aliphatic carboxylic acids is 1. The van der Waals surface area contributed by atoms with E-state index in [2.05, 4.69) is 40.1 Å². The topological polar surface area (TPSA) is 116 Å². The SMILES string of the molecule is CCCCCCCCCCCCNC(=O)c1ccc(CC(NC(=O)C(=O)O)C2CCN(C(=O)c3cccc(I)c3)CC2)cc1. The largest absolute Gasteiger partial charge is 0.474 e. The van der Waals surface area contributed by atoms with Crippen LogP contribution in [-0.4, -0.2) is 59.4 Å². The van der Waals surface area contributed by atoms with Gasteiger partial charge in [0.15, 0.2) is 0 Å². The van der Waals surface area contributed by atoms with Crippen molar-refractivity contribution in [2.45, 2.75) is 96.4 Å². The van der Waals surface area contributed by atoms with Crippen molar-refractivity contribution in [1.82, 2.24) is 15.5 Å². The van der Waals surface area contributed by atoms with E-state index in [1.165, 1.54) is 51.4 Å². The summed E-state index contributed by atoms with van der Waals surface area (Å²) in [5.74, 6) is -2.66. The predicted molar refractivity (Wildman–Crippen MR) is 182 cm³/mol. The van der Waals surface area contributed by atoms with Crippen LogP contribution in [0.4, 0.5) is 0 Å². The number of benzene rings is 2. The highest BCUT2D eigenvalue weighted by atomic mass is 127. The number of hydrogen-bond acceptors (Lipinski definition) is 4. The first kappa shape index (κ1) is 35.5. The lowest BCUT2D eigenvalue weighted by atomic mass is 9.85. The Balaban J connectivity index is 1.45. The standard InChI is InChI=1S/C35H48IN3O5/c1-2-3-4-5-6-7-8-9-10-11-21-37-32(40)28-17-15-26(16-18-28)24-31(38-33(41)35(43)44)27-19-22-39(23-20-27)34(42)29-13-12-14-30(36)25-29/h12-18,25,27,31H,2-11,19-24H2,1H3,(H,37,40)(H,38,41)(H,43,44). The number of halogens is 1. The molecule has 9 heteroatoms. The maximum Gasteiger partial charge on any atom is 0.394 e. The molecule has 1 aliphatic rings. The summed E-state index contributed by atoms with van der Waals surface area (Å²) >= 11 is 2.19. The summed E-state index contributed by atoms with van der Waals surface area (Å²) in [6, 6.07) is 14.4. The van der Waals surface area contributed by atoms with Gasteiger partial charge in [0.05, 0.1) is 0 Å². The van der Waals surface area contributed by atoms with Crippen LogP contribution in [0, 0.1) is 9.49 Å². The molecular weight excluding hydrogens is 669 g/mol. The fourth-order valence-corrected chi connectivity index (χ4v) is 6.38. The third-order valence-electron chi connectivity index (χ3n) is 8.47. The van der Waals surface area contributed by atoms with Crippen molar-refractivity contribution in [2.75, 3.05) is 19.6 Å². The lowest BCUT2D eigenvalue weighted by Crippen LogP contribution is -2.49. The van der Waals surface area contributed by atoms with Crippen LogP contribution in [0.5, 0.6) is 0 Å². The summed E-state index contributed by atoms with van der Waals surface area (Å²) in [4.78, 5) is 50.9. The van der Waals surface area contributed by atoms with E-state index in [0.717, 1.165) is 22.0 Å². The number of unbranched alkanes of at least 4 members (excludes halogenated alkanes) is 9. The van der Waals surface area contributed by atoms with E-state index in [0.29, 0.717) is 50.0 Å². The minimum Gasteiger partial charge on any atom is -0.474 e. The van der Waals surface area contributed by atoms with Gasteiger partial charge < -0.3 is 20.6 Å². The number of carboxylic acid groups (broad SMARTS) is 1. The van der Waals surface area contributed by atoms with Crippen LogP contribution in [0.1, 0.15) is 110 Å². The molecule has 8 nitrogen and oxygen atoms in total. The Bertz CT molecular complexity index is 1210. The molecule has 1 fully saturated rings. The Labute approximate surface area is 275 Å². The Kier molecular flexibility index (Phi) is 15.7. The fourth-order valence-electron chi connectivity index (χ4n) is 5.84. The zero-order valence-corrected chi connectivity index (χ0v) is 28.2. The number of nitrogens with zero attached hydrogens (tertiary/aromatic N) is 1. The highest BCUT2D eigenvalue weighted by Gasteiger charge is 2.31. The number of piperidine rings is 1. The van der Waals surface area contributed by atoms with Crippen LogP contribution in [-0.2, 0) is 16.0 Å². The second-order valence-electron chi connectivity index (χ2n) is 11.9. The van der Waals surface area contributed by atoms with Gasteiger partial charge in [-0.25, -0.2) is 4.79 Å². The van der Waals surface area contributed by atoms with Crippen LogP contribution >= 0.6 is 22.6 Å². The van der Waals surface area contributed by atoms with Gasteiger partial charge in [-0.15, -0.1) is 0 Å². The first-order chi connectivity index (χ1) is 21.3. The van der Waals surface area contributed by atoms with Crippen molar-refractivity contribution in [3.05, 3.63) is 68.8 Å². The molecule has 3 rings (SSSR count). The molecule has 3 N–H and O–H groups in total. The van der Waals surface area contributed by atoms with Gasteiger partial charge in [0.25, 0.3) is 11.8 Å². The molecule has 1 saturated heterocycles. The van der Waals surface area contributed by atoms with Crippen molar-refractivity contribution in [2.24, 2.45) is 5.92 Å². The highest BCUT2D eigenvalue weighted by molar-refractivity contribution is 14.1. The molecule has 2 aromatic rings. The van der Waals surface area contributed by atoms with Gasteiger partial charge in [-0.05, 0) is 90.1 Å². The Morgan fingerprint density at radius 3 is 2.07 bits per heavy atom. The molecule has 1 aliphatic heterocycles. The third-order valence-corrected chi connectivity index (χ3v) is 9.14. The normalized spacial score (nSPS) is 14.2. The minimum absolute atomic E-state index is 0.0160. The molecule has 0 radical (unpaired) electrons. The Morgan fingerprint density at radius 1 is 0.864 bits per heavy atom. The van der Waals surface area contributed by atoms with E-state index in [-0.39, 0.29) is 17.7 Å². The van der Waals surface area contributed by atoms with E-state index in [9.17, 15) is 24.3 Å². The molecule has 1 atom stereocenters. The molecule has 2 aromatic carbocycles. The maximum absolute atomic E-state index is 13.0. The van der Waals surface area contributed by atoms with Gasteiger partial charge in [0.2, 0.25) is 0 Å². The zero-order valence-electron chi connectivity index (χ0n) is 26.0. The number of carbonyl (C=O) groups excluding carboxylic acids is 3. The van der Waals surface area contributed by atoms with Crippen molar-refractivity contribution < 1.29 is 24.3 Å². The molecule has 0 aliphatic carbocycles. The molecule has 3 amide bonds. The number of rotatable bonds is 17. The number of amides is 3. The van der Waals surface area contributed by atoms with E-state index < -0.39 is 17.9 Å². The average molecular weight is 718 g/mol. The number of carboxylic acids is 1. The summed E-state index contributed by atoms with van der Waals surface area (Å²) in [6.45, 7) is 3.97. The lowest BCUT2D eigenvalue weighted by Gasteiger charge is -2.36. The first-order valence-corrected chi connectivity index (χ1v) is 17.3. The van der Waals surface area contributed by atoms with Crippen LogP contribution in [0.15, 0.2) is 48.5 Å². The Morgan fingerprint density at radius 2 is 1.48 bits per heavy atom. The highest BCUT2D eigenvalue weighted by Crippen LogP contribution is 2.25. The number of carbonyl (C=O) groups is 4. The second-order valence-corrected chi connectivity index (χ2v) is 13.1. The summed E-state index contributed by atoms with van der Waals surface area (Å²) in [6.07, 6.45) is 14.3. The summed E-state index contributed by atoms with van der Waals surface area (Å²) < 4.78 is 0.998. The summed E-state index contributed by atoms with van der Waals surface area (Å²) in [5.41, 5.74) is 2.14. The van der Waals surface area contributed by atoms with Crippen LogP contribution in [0.3, 0.4) is 0 Å². The van der Waals surface area contributed by atoms with E-state index in [1.54, 1.807) is 12.1 Å². The molecule has 1 unspecified atom stereocenters. The molecule has 44 heavy (non-hydrogen) atoms. The average Bonchev–Trinajstić information content (AvgIpc) is 3.03. The molecule has 0 bridgehead atoms. The summed E-state index contributed by atoms with van der Waals surface area (Å²) in [7, 11) is 0. The third kappa shape index (κ3) is 12.2. The smallest absolute Gasteiger partial charge is 0.394 e. The van der Waals surface area contributed by atoms with Crippen LogP contribution in [0.25, 0.3) is 0 Å². The lowest BCUT2D eigenvalue weighted by molar-refractivity contribution is -0.150. The number of hydrogen-bond donors (Lipinski definition) is 3. The van der Waals surface area contributed by atoms with Crippen LogP contribution in [0.2, 0.25) is 0 Å². The van der Waals surface area contributed by atoms with Gasteiger partial charge in [-0.1, -0.05) is 82.9 Å². The maximum atomic E-state index is 13.0. The van der Waals surface area contributed by atoms with Crippen molar-refractivity contribution in [3.8, 4) is 0 Å². The van der Waals surface area contributed by atoms with E-state index >= 15 is 0 Å². The van der Waals surface area contributed by atoms with Crippen molar-refractivity contribution >= 4 is 46.3 Å². The van der Waals surface area contributed by atoms with Gasteiger partial charge in [-0.3, -0.25) is 14.4 Å². The number of likely N-dealkylation sites (tertiary alicyclic amines) is 1. The molecule has 0 aromatic heterocycles. The predicted octanol–water partition coefficient (Wildman–Crippen LogP) is 6.61. The monoisotopic (exact) mass is 717 g/mol. The quantitative estimate of drug-likeness (QED) is 0.0969. The van der Waals surface area contributed by atoms with E-state index in [4.69, 9.17) is 0 Å². The van der Waals surface area contributed by atoms with E-state index in [1.807, 2.05) is 41.3 Å².